The van der Waals surface area contributed by atoms with Crippen LogP contribution in [0.25, 0.3) is 0 Å². The lowest BCUT2D eigenvalue weighted by Crippen LogP contribution is -2.23. The average Bonchev–Trinajstić information content (AvgIpc) is 3.27. The molecule has 0 fully saturated rings. The summed E-state index contributed by atoms with van der Waals surface area (Å²) in [5.74, 6) is 1.36. The van der Waals surface area contributed by atoms with Gasteiger partial charge in [-0.05, 0) is 30.3 Å². The Morgan fingerprint density at radius 2 is 1.55 bits per heavy atom. The third kappa shape index (κ3) is 4.00. The van der Waals surface area contributed by atoms with E-state index < -0.39 is 15.8 Å². The molecule has 174 valence electrons. The van der Waals surface area contributed by atoms with Crippen LogP contribution in [-0.2, 0) is 14.6 Å². The number of amides is 1. The van der Waals surface area contributed by atoms with Crippen LogP contribution in [-0.4, -0.2) is 42.8 Å². The van der Waals surface area contributed by atoms with Gasteiger partial charge < -0.3 is 24.3 Å². The Kier molecular flexibility index (Phi) is 6.22. The second kappa shape index (κ2) is 8.95. The summed E-state index contributed by atoms with van der Waals surface area (Å²) in [7, 11) is 2.23. The predicted molar refractivity (Wildman–Crippen MR) is 124 cm³/mol. The molecule has 1 atom stereocenters. The fraction of sp³-hybridized carbons (Fsp3) is 0.261. The lowest BCUT2D eigenvalue weighted by atomic mass is 9.89. The lowest BCUT2D eigenvalue weighted by Gasteiger charge is -2.26. The zero-order valence-corrected chi connectivity index (χ0v) is 20.1. The number of hydrogen-bond acceptors (Lipinski definition) is 8. The zero-order chi connectivity index (χ0) is 23.8. The van der Waals surface area contributed by atoms with E-state index in [0.29, 0.717) is 34.2 Å². The van der Waals surface area contributed by atoms with Crippen molar-refractivity contribution in [3.63, 3.8) is 0 Å². The molecule has 1 aliphatic rings. The number of benzene rings is 2. The van der Waals surface area contributed by atoms with Crippen LogP contribution >= 0.6 is 11.3 Å². The molecule has 0 spiro atoms. The Morgan fingerprint density at radius 3 is 2.15 bits per heavy atom. The van der Waals surface area contributed by atoms with Crippen LogP contribution in [0, 0.1) is 0 Å². The number of sulfone groups is 1. The van der Waals surface area contributed by atoms with Crippen molar-refractivity contribution < 1.29 is 32.2 Å². The van der Waals surface area contributed by atoms with Gasteiger partial charge in [0.15, 0.2) is 11.5 Å². The lowest BCUT2D eigenvalue weighted by molar-refractivity contribution is -0.116. The van der Waals surface area contributed by atoms with Crippen molar-refractivity contribution in [3.05, 3.63) is 52.2 Å². The molecule has 4 rings (SSSR count). The first-order chi connectivity index (χ1) is 15.8. The minimum absolute atomic E-state index is 0.0603. The molecule has 1 N–H and O–H groups in total. The highest BCUT2D eigenvalue weighted by Gasteiger charge is 2.36. The molecule has 1 aliphatic heterocycles. The number of carbonyl (C=O) groups is 1. The van der Waals surface area contributed by atoms with Crippen LogP contribution in [0.3, 0.4) is 0 Å². The van der Waals surface area contributed by atoms with E-state index >= 15 is 0 Å². The van der Waals surface area contributed by atoms with Crippen molar-refractivity contribution >= 4 is 32.8 Å². The average molecular weight is 490 g/mol. The Bertz CT molecular complexity index is 1300. The van der Waals surface area contributed by atoms with Gasteiger partial charge >= 0.3 is 0 Å². The molecule has 8 nitrogen and oxygen atoms in total. The summed E-state index contributed by atoms with van der Waals surface area (Å²) in [5.41, 5.74) is 1.01. The van der Waals surface area contributed by atoms with Crippen LogP contribution in [0.15, 0.2) is 51.6 Å². The van der Waals surface area contributed by atoms with Crippen molar-refractivity contribution in [2.45, 2.75) is 22.1 Å². The molecule has 0 radical (unpaired) electrons. The van der Waals surface area contributed by atoms with Gasteiger partial charge in [0.25, 0.3) is 0 Å². The molecule has 0 bridgehead atoms. The van der Waals surface area contributed by atoms with Crippen molar-refractivity contribution in [3.8, 4) is 23.0 Å². The maximum absolute atomic E-state index is 13.4. The second-order valence-corrected chi connectivity index (χ2v) is 10.1. The zero-order valence-electron chi connectivity index (χ0n) is 18.5. The number of fused-ring (bicyclic) bond motifs is 1. The smallest absolute Gasteiger partial charge is 0.225 e. The third-order valence-corrected chi connectivity index (χ3v) is 8.57. The standard InChI is InChI=1S/C23H23NO7S2/c1-28-13-5-7-14(8-6-13)33(26,27)20-12-32-23-16(10-21(25)24-22(20)23)15-9-18(30-3)19(31-4)11-17(15)29-2/h5-9,11-12,16H,10H2,1-4H3,(H,24,25)/t16-/m1/s1. The number of anilines is 1. The molecule has 0 unspecified atom stereocenters. The summed E-state index contributed by atoms with van der Waals surface area (Å²) in [5, 5.41) is 4.33. The van der Waals surface area contributed by atoms with Crippen LogP contribution in [0.2, 0.25) is 0 Å². The molecular weight excluding hydrogens is 466 g/mol. The number of methoxy groups -OCH3 is 4. The van der Waals surface area contributed by atoms with Crippen LogP contribution in [0.5, 0.6) is 23.0 Å². The summed E-state index contributed by atoms with van der Waals surface area (Å²) < 4.78 is 48.2. The molecular formula is C23H23NO7S2. The van der Waals surface area contributed by atoms with Gasteiger partial charge in [-0.3, -0.25) is 4.79 Å². The maximum atomic E-state index is 13.4. The Balaban J connectivity index is 1.83. The van der Waals surface area contributed by atoms with Crippen molar-refractivity contribution in [1.29, 1.82) is 0 Å². The SMILES string of the molecule is COc1ccc(S(=O)(=O)c2csc3c2NC(=O)C[C@@H]3c2cc(OC)c(OC)cc2OC)cc1. The molecule has 0 saturated heterocycles. The summed E-state index contributed by atoms with van der Waals surface area (Å²) >= 11 is 1.28. The highest BCUT2D eigenvalue weighted by molar-refractivity contribution is 7.91. The Morgan fingerprint density at radius 1 is 0.909 bits per heavy atom. The van der Waals surface area contributed by atoms with Gasteiger partial charge in [0, 0.05) is 34.2 Å². The maximum Gasteiger partial charge on any atom is 0.225 e. The summed E-state index contributed by atoms with van der Waals surface area (Å²) in [6, 6.07) is 9.60. The number of nitrogens with one attached hydrogen (secondary N) is 1. The highest BCUT2D eigenvalue weighted by atomic mass is 32.2. The van der Waals surface area contributed by atoms with E-state index in [1.54, 1.807) is 29.6 Å². The van der Waals surface area contributed by atoms with E-state index in [4.69, 9.17) is 18.9 Å². The molecule has 1 aromatic heterocycles. The molecule has 33 heavy (non-hydrogen) atoms. The van der Waals surface area contributed by atoms with Gasteiger partial charge in [-0.15, -0.1) is 11.3 Å². The molecule has 2 heterocycles. The van der Waals surface area contributed by atoms with Crippen molar-refractivity contribution in [1.82, 2.24) is 0 Å². The van der Waals surface area contributed by atoms with Gasteiger partial charge in [-0.1, -0.05) is 0 Å². The predicted octanol–water partition coefficient (Wildman–Crippen LogP) is 4.09. The molecule has 3 aromatic rings. The molecule has 0 aliphatic carbocycles. The number of hydrogen-bond donors (Lipinski definition) is 1. The van der Waals surface area contributed by atoms with Gasteiger partial charge in [-0.25, -0.2) is 8.42 Å². The van der Waals surface area contributed by atoms with Gasteiger partial charge in [-0.2, -0.15) is 0 Å². The fourth-order valence-electron chi connectivity index (χ4n) is 3.86. The summed E-state index contributed by atoms with van der Waals surface area (Å²) in [4.78, 5) is 13.6. The Labute approximate surface area is 196 Å². The third-order valence-electron chi connectivity index (χ3n) is 5.53. The first kappa shape index (κ1) is 22.9. The van der Waals surface area contributed by atoms with Crippen LogP contribution < -0.4 is 24.3 Å². The number of thiophene rings is 1. The van der Waals surface area contributed by atoms with Crippen LogP contribution in [0.4, 0.5) is 5.69 Å². The van der Waals surface area contributed by atoms with E-state index in [9.17, 15) is 13.2 Å². The molecule has 0 saturated carbocycles. The van der Waals surface area contributed by atoms with Gasteiger partial charge in [0.05, 0.1) is 39.0 Å². The molecule has 2 aromatic carbocycles. The first-order valence-electron chi connectivity index (χ1n) is 9.94. The minimum Gasteiger partial charge on any atom is -0.497 e. The van der Waals surface area contributed by atoms with Gasteiger partial charge in [0.2, 0.25) is 15.7 Å². The minimum atomic E-state index is -3.87. The fourth-order valence-corrected chi connectivity index (χ4v) is 6.76. The summed E-state index contributed by atoms with van der Waals surface area (Å²) in [6.07, 6.45) is 0.140. The molecule has 10 heteroatoms. The van der Waals surface area contributed by atoms with E-state index in [1.807, 2.05) is 0 Å². The topological polar surface area (TPSA) is 100 Å². The normalized spacial score (nSPS) is 15.4. The molecule has 1 amide bonds. The van der Waals surface area contributed by atoms with E-state index in [-0.39, 0.29) is 22.1 Å². The monoisotopic (exact) mass is 489 g/mol. The van der Waals surface area contributed by atoms with Crippen molar-refractivity contribution in [2.75, 3.05) is 33.8 Å². The number of ether oxygens (including phenoxy) is 4. The van der Waals surface area contributed by atoms with E-state index in [1.165, 1.54) is 51.9 Å². The van der Waals surface area contributed by atoms with Crippen molar-refractivity contribution in [2.24, 2.45) is 0 Å². The second-order valence-electron chi connectivity index (χ2n) is 7.27. The number of rotatable bonds is 7. The largest absolute Gasteiger partial charge is 0.497 e. The van der Waals surface area contributed by atoms with Crippen LogP contribution in [0.1, 0.15) is 22.8 Å². The first-order valence-corrected chi connectivity index (χ1v) is 12.3. The van der Waals surface area contributed by atoms with E-state index in [2.05, 4.69) is 5.32 Å². The number of carbonyl (C=O) groups excluding carboxylic acids is 1. The Hall–Kier alpha value is -3.24. The van der Waals surface area contributed by atoms with Gasteiger partial charge in [0.1, 0.15) is 16.4 Å². The quantitative estimate of drug-likeness (QED) is 0.534. The summed E-state index contributed by atoms with van der Waals surface area (Å²) in [6.45, 7) is 0. The highest BCUT2D eigenvalue weighted by Crippen LogP contribution is 2.49. The van der Waals surface area contributed by atoms with E-state index in [0.717, 1.165) is 4.88 Å².